The molecule has 0 aliphatic rings. The van der Waals surface area contributed by atoms with Crippen molar-refractivity contribution < 1.29 is 8.83 Å². The summed E-state index contributed by atoms with van der Waals surface area (Å²) in [5.41, 5.74) is 15.0. The predicted molar refractivity (Wildman–Crippen MR) is 220 cm³/mol. The van der Waals surface area contributed by atoms with Crippen molar-refractivity contribution in [1.29, 1.82) is 0 Å². The first-order chi connectivity index (χ1) is 25.9. The summed E-state index contributed by atoms with van der Waals surface area (Å²) >= 11 is 0. The number of hydrogen-bond acceptors (Lipinski definition) is 3. The highest BCUT2D eigenvalue weighted by atomic mass is 16.3. The first-order valence-corrected chi connectivity index (χ1v) is 18.5. The highest BCUT2D eigenvalue weighted by Gasteiger charge is 2.26. The van der Waals surface area contributed by atoms with Crippen molar-refractivity contribution in [2.75, 3.05) is 0 Å². The molecule has 0 aliphatic heterocycles. The number of aromatic nitrogens is 2. The normalized spacial score (nSPS) is 12.1. The van der Waals surface area contributed by atoms with Gasteiger partial charge in [0.05, 0.1) is 22.3 Å². The van der Waals surface area contributed by atoms with E-state index in [0.717, 1.165) is 66.3 Å². The lowest BCUT2D eigenvalue weighted by Crippen LogP contribution is -2.09. The van der Waals surface area contributed by atoms with Crippen LogP contribution < -0.4 is 0 Å². The topological polar surface area (TPSA) is 44.1 Å². The van der Waals surface area contributed by atoms with Gasteiger partial charge in [-0.1, -0.05) is 125 Å². The van der Waals surface area contributed by atoms with Crippen molar-refractivity contribution in [3.63, 3.8) is 0 Å². The van der Waals surface area contributed by atoms with Gasteiger partial charge in [0.1, 0.15) is 28.2 Å². The molecular formula is C49H38N2O2. The minimum Gasteiger partial charge on any atom is -0.456 e. The van der Waals surface area contributed by atoms with Crippen LogP contribution in [-0.2, 0) is 0 Å². The molecule has 4 nitrogen and oxygen atoms in total. The van der Waals surface area contributed by atoms with Gasteiger partial charge in [0, 0.05) is 21.5 Å². The Labute approximate surface area is 307 Å². The number of hydrogen-bond donors (Lipinski definition) is 0. The van der Waals surface area contributed by atoms with E-state index in [2.05, 4.69) is 160 Å². The van der Waals surface area contributed by atoms with Crippen molar-refractivity contribution in [2.24, 2.45) is 0 Å². The maximum Gasteiger partial charge on any atom is 0.149 e. The number of imidazole rings is 1. The number of fused-ring (bicyclic) bond motifs is 7. The van der Waals surface area contributed by atoms with Gasteiger partial charge in [0.2, 0.25) is 0 Å². The van der Waals surface area contributed by atoms with Crippen LogP contribution >= 0.6 is 0 Å². The molecule has 0 bridgehead atoms. The SMILES string of the molecule is CC(C)c1cc(-c2ccc(-c3ccccc3)cc2)cc(C(C)C)c1-n1c(-c2cccc3c2oc2cc4c(cc23)oc2ccccc24)nc2ccccc21. The van der Waals surface area contributed by atoms with Crippen LogP contribution in [0.5, 0.6) is 0 Å². The predicted octanol–water partition coefficient (Wildman–Crippen LogP) is 14.1. The molecule has 10 aromatic rings. The van der Waals surface area contributed by atoms with Crippen molar-refractivity contribution in [1.82, 2.24) is 9.55 Å². The van der Waals surface area contributed by atoms with Gasteiger partial charge in [0.25, 0.3) is 0 Å². The largest absolute Gasteiger partial charge is 0.456 e. The standard InChI is InChI=1S/C49H38N2O2/c1-29(2)38-25-34(33-23-21-32(22-24-33)31-13-6-5-7-14-31)26-39(30(3)4)47(38)51-43-19-10-9-18-42(43)50-49(51)37-17-12-16-36-41-28-45-40(27-46(41)53-48(36)37)35-15-8-11-20-44(35)52-45/h5-30H,1-4H3. The van der Waals surface area contributed by atoms with Crippen molar-refractivity contribution in [3.05, 3.63) is 157 Å². The van der Waals surface area contributed by atoms with Gasteiger partial charge in [-0.05, 0) is 93.7 Å². The van der Waals surface area contributed by atoms with Crippen LogP contribution in [0, 0.1) is 0 Å². The first kappa shape index (κ1) is 31.4. The summed E-state index contributed by atoms with van der Waals surface area (Å²) < 4.78 is 15.5. The van der Waals surface area contributed by atoms with Gasteiger partial charge >= 0.3 is 0 Å². The summed E-state index contributed by atoms with van der Waals surface area (Å²) in [6.07, 6.45) is 0. The molecule has 0 aliphatic carbocycles. The molecule has 0 spiro atoms. The van der Waals surface area contributed by atoms with E-state index in [-0.39, 0.29) is 11.8 Å². The van der Waals surface area contributed by atoms with Crippen LogP contribution in [0.1, 0.15) is 50.7 Å². The zero-order valence-electron chi connectivity index (χ0n) is 30.2. The maximum absolute atomic E-state index is 6.83. The molecule has 0 atom stereocenters. The molecule has 53 heavy (non-hydrogen) atoms. The van der Waals surface area contributed by atoms with Crippen molar-refractivity contribution in [3.8, 4) is 39.3 Å². The van der Waals surface area contributed by atoms with Crippen LogP contribution in [0.4, 0.5) is 0 Å². The van der Waals surface area contributed by atoms with Crippen molar-refractivity contribution >= 4 is 54.9 Å². The van der Waals surface area contributed by atoms with Crippen LogP contribution in [0.3, 0.4) is 0 Å². The molecule has 256 valence electrons. The van der Waals surface area contributed by atoms with E-state index in [1.165, 1.54) is 39.1 Å². The van der Waals surface area contributed by atoms with Gasteiger partial charge in [-0.2, -0.15) is 0 Å². The summed E-state index contributed by atoms with van der Waals surface area (Å²) in [7, 11) is 0. The highest BCUT2D eigenvalue weighted by Crippen LogP contribution is 2.44. The minimum atomic E-state index is 0.257. The Hall–Kier alpha value is -6.39. The smallest absolute Gasteiger partial charge is 0.149 e. The second-order valence-corrected chi connectivity index (χ2v) is 14.7. The average molecular weight is 687 g/mol. The zero-order valence-corrected chi connectivity index (χ0v) is 30.2. The summed E-state index contributed by atoms with van der Waals surface area (Å²) in [4.78, 5) is 5.37. The van der Waals surface area contributed by atoms with E-state index >= 15 is 0 Å². The third-order valence-corrected chi connectivity index (χ3v) is 10.8. The third-order valence-electron chi connectivity index (χ3n) is 10.8. The van der Waals surface area contributed by atoms with Crippen LogP contribution in [-0.4, -0.2) is 9.55 Å². The van der Waals surface area contributed by atoms with Gasteiger partial charge in [-0.15, -0.1) is 0 Å². The van der Waals surface area contributed by atoms with Crippen LogP contribution in [0.25, 0.3) is 94.2 Å². The van der Waals surface area contributed by atoms with E-state index in [1.54, 1.807) is 0 Å². The van der Waals surface area contributed by atoms with Gasteiger partial charge in [-0.25, -0.2) is 4.98 Å². The molecule has 3 heterocycles. The van der Waals surface area contributed by atoms with Gasteiger partial charge in [-0.3, -0.25) is 4.57 Å². The maximum atomic E-state index is 6.83. The van der Waals surface area contributed by atoms with E-state index in [1.807, 2.05) is 18.2 Å². The monoisotopic (exact) mass is 686 g/mol. The van der Waals surface area contributed by atoms with E-state index in [9.17, 15) is 0 Å². The summed E-state index contributed by atoms with van der Waals surface area (Å²) in [6, 6.07) is 51.7. The van der Waals surface area contributed by atoms with Crippen LogP contribution in [0.2, 0.25) is 0 Å². The molecule has 4 heteroatoms. The summed E-state index contributed by atoms with van der Waals surface area (Å²) in [5.74, 6) is 1.38. The Bertz CT molecular complexity index is 2960. The molecule has 0 saturated heterocycles. The van der Waals surface area contributed by atoms with E-state index in [4.69, 9.17) is 13.8 Å². The molecule has 0 unspecified atom stereocenters. The average Bonchev–Trinajstić information content (AvgIpc) is 3.87. The first-order valence-electron chi connectivity index (χ1n) is 18.5. The lowest BCUT2D eigenvalue weighted by Gasteiger charge is -2.24. The lowest BCUT2D eigenvalue weighted by molar-refractivity contribution is 0.664. The van der Waals surface area contributed by atoms with Crippen LogP contribution in [0.15, 0.2) is 154 Å². The Morgan fingerprint density at radius 1 is 0.472 bits per heavy atom. The van der Waals surface area contributed by atoms with Crippen molar-refractivity contribution in [2.45, 2.75) is 39.5 Å². The molecular weight excluding hydrogens is 649 g/mol. The molecule has 7 aromatic carbocycles. The second kappa shape index (κ2) is 12.1. The molecule has 0 amide bonds. The Kier molecular flexibility index (Phi) is 7.16. The van der Waals surface area contributed by atoms with E-state index in [0.29, 0.717) is 0 Å². The number of furan rings is 2. The molecule has 0 N–H and O–H groups in total. The molecule has 0 fully saturated rings. The lowest BCUT2D eigenvalue weighted by atomic mass is 9.87. The Morgan fingerprint density at radius 3 is 1.79 bits per heavy atom. The Morgan fingerprint density at radius 2 is 1.06 bits per heavy atom. The second-order valence-electron chi connectivity index (χ2n) is 14.7. The fourth-order valence-corrected chi connectivity index (χ4v) is 8.10. The zero-order chi connectivity index (χ0) is 35.8. The Balaban J connectivity index is 1.20. The minimum absolute atomic E-state index is 0.257. The van der Waals surface area contributed by atoms with E-state index < -0.39 is 0 Å². The molecule has 3 aromatic heterocycles. The summed E-state index contributed by atoms with van der Waals surface area (Å²) in [5, 5.41) is 4.22. The summed E-state index contributed by atoms with van der Waals surface area (Å²) in [6.45, 7) is 9.18. The molecule has 10 rings (SSSR count). The number of para-hydroxylation sites is 4. The number of benzene rings is 7. The van der Waals surface area contributed by atoms with Gasteiger partial charge in [0.15, 0.2) is 0 Å². The highest BCUT2D eigenvalue weighted by molar-refractivity contribution is 6.16. The van der Waals surface area contributed by atoms with Gasteiger partial charge < -0.3 is 8.83 Å². The quantitative estimate of drug-likeness (QED) is 0.175. The number of rotatable bonds is 6. The molecule has 0 saturated carbocycles. The third kappa shape index (κ3) is 5.01. The number of nitrogens with zero attached hydrogens (tertiary/aromatic N) is 2. The fraction of sp³-hybridized carbons (Fsp3) is 0.122. The molecule has 0 radical (unpaired) electrons. The fourth-order valence-electron chi connectivity index (χ4n) is 8.10.